The molecule has 1 saturated heterocycles. The highest BCUT2D eigenvalue weighted by molar-refractivity contribution is 6.30. The van der Waals surface area contributed by atoms with Crippen molar-refractivity contribution in [1.82, 2.24) is 4.90 Å². The van der Waals surface area contributed by atoms with E-state index in [0.717, 1.165) is 18.5 Å². The topological polar surface area (TPSA) is 32.3 Å². The molecule has 18 heavy (non-hydrogen) atoms. The maximum atomic E-state index is 12.3. The Morgan fingerprint density at radius 3 is 2.33 bits per heavy atom. The van der Waals surface area contributed by atoms with Crippen LogP contribution in [0, 0.1) is 0 Å². The van der Waals surface area contributed by atoms with Crippen molar-refractivity contribution >= 4 is 23.3 Å². The number of hydrogen-bond donors (Lipinski definition) is 1. The van der Waals surface area contributed by atoms with Crippen LogP contribution in [-0.2, 0) is 0 Å². The molecule has 2 rings (SSSR count). The van der Waals surface area contributed by atoms with Crippen LogP contribution in [-0.4, -0.2) is 23.0 Å². The monoisotopic (exact) mass is 266 g/mol. The summed E-state index contributed by atoms with van der Waals surface area (Å²) in [5.74, 6) is 0. The molecule has 2 amide bonds. The minimum absolute atomic E-state index is 0.0166. The molecule has 0 radical (unpaired) electrons. The maximum absolute atomic E-state index is 12.3. The number of likely N-dealkylation sites (tertiary alicyclic amines) is 1. The van der Waals surface area contributed by atoms with Crippen LogP contribution in [0.1, 0.15) is 33.1 Å². The molecule has 0 spiro atoms. The van der Waals surface area contributed by atoms with Gasteiger partial charge in [0.15, 0.2) is 0 Å². The fourth-order valence-corrected chi connectivity index (χ4v) is 2.67. The molecule has 1 fully saturated rings. The minimum atomic E-state index is -0.0166. The fraction of sp³-hybridized carbons (Fsp3) is 0.500. The van der Waals surface area contributed by atoms with Gasteiger partial charge in [0, 0.05) is 22.8 Å². The lowest BCUT2D eigenvalue weighted by molar-refractivity contribution is 0.133. The number of urea groups is 1. The maximum Gasteiger partial charge on any atom is 0.322 e. The van der Waals surface area contributed by atoms with Gasteiger partial charge in [0.25, 0.3) is 0 Å². The van der Waals surface area contributed by atoms with Gasteiger partial charge in [0.1, 0.15) is 0 Å². The van der Waals surface area contributed by atoms with Gasteiger partial charge in [0.05, 0.1) is 0 Å². The van der Waals surface area contributed by atoms with Crippen LogP contribution >= 0.6 is 11.6 Å². The molecule has 1 aliphatic heterocycles. The average molecular weight is 267 g/mol. The van der Waals surface area contributed by atoms with Gasteiger partial charge in [-0.1, -0.05) is 11.6 Å². The van der Waals surface area contributed by atoms with E-state index in [2.05, 4.69) is 19.2 Å². The molecule has 0 saturated carbocycles. The summed E-state index contributed by atoms with van der Waals surface area (Å²) in [5, 5.41) is 3.60. The molecule has 1 heterocycles. The zero-order chi connectivity index (χ0) is 13.1. The van der Waals surface area contributed by atoms with Crippen LogP contribution < -0.4 is 5.32 Å². The Kier molecular flexibility index (Phi) is 4.12. The number of amides is 2. The molecule has 1 aromatic carbocycles. The van der Waals surface area contributed by atoms with Gasteiger partial charge in [-0.3, -0.25) is 0 Å². The van der Waals surface area contributed by atoms with E-state index in [4.69, 9.17) is 11.6 Å². The van der Waals surface area contributed by atoms with Gasteiger partial charge in [-0.05, 0) is 57.4 Å². The molecule has 0 bridgehead atoms. The summed E-state index contributed by atoms with van der Waals surface area (Å²) in [7, 11) is 0. The number of nitrogens with one attached hydrogen (secondary N) is 1. The number of nitrogens with zero attached hydrogens (tertiary/aromatic N) is 1. The Morgan fingerprint density at radius 2 is 1.78 bits per heavy atom. The predicted octanol–water partition coefficient (Wildman–Crippen LogP) is 4.13. The molecule has 1 aliphatic rings. The molecule has 1 aromatic rings. The summed E-state index contributed by atoms with van der Waals surface area (Å²) in [5.41, 5.74) is 0.786. The highest BCUT2D eigenvalue weighted by Gasteiger charge is 2.28. The summed E-state index contributed by atoms with van der Waals surface area (Å²) in [6, 6.07) is 7.79. The van der Waals surface area contributed by atoms with E-state index in [1.54, 1.807) is 12.1 Å². The van der Waals surface area contributed by atoms with E-state index >= 15 is 0 Å². The number of rotatable bonds is 1. The van der Waals surface area contributed by atoms with Gasteiger partial charge in [-0.25, -0.2) is 4.79 Å². The van der Waals surface area contributed by atoms with Crippen LogP contribution in [0.5, 0.6) is 0 Å². The highest BCUT2D eigenvalue weighted by Crippen LogP contribution is 2.23. The van der Waals surface area contributed by atoms with Crippen molar-refractivity contribution in [3.05, 3.63) is 29.3 Å². The smallest absolute Gasteiger partial charge is 0.319 e. The van der Waals surface area contributed by atoms with Gasteiger partial charge < -0.3 is 10.2 Å². The minimum Gasteiger partial charge on any atom is -0.319 e. The number of carbonyl (C=O) groups excluding carboxylic acids is 1. The van der Waals surface area contributed by atoms with Crippen LogP contribution in [0.15, 0.2) is 24.3 Å². The first-order valence-corrected chi connectivity index (χ1v) is 6.80. The van der Waals surface area contributed by atoms with Gasteiger partial charge in [-0.15, -0.1) is 0 Å². The van der Waals surface area contributed by atoms with Crippen molar-refractivity contribution in [2.75, 3.05) is 5.32 Å². The number of carbonyl (C=O) groups is 1. The second kappa shape index (κ2) is 5.61. The standard InChI is InChI=1S/C14H19ClN2O/c1-10-4-3-5-11(2)17(10)14(18)16-13-8-6-12(15)7-9-13/h6-11H,3-5H2,1-2H3,(H,16,18)/t10-,11+. The zero-order valence-corrected chi connectivity index (χ0v) is 11.6. The number of hydrogen-bond acceptors (Lipinski definition) is 1. The fourth-order valence-electron chi connectivity index (χ4n) is 2.54. The van der Waals surface area contributed by atoms with Gasteiger partial charge >= 0.3 is 6.03 Å². The SMILES string of the molecule is C[C@@H]1CCC[C@H](C)N1C(=O)Nc1ccc(Cl)cc1. The summed E-state index contributed by atoms with van der Waals surface area (Å²) in [6.45, 7) is 4.22. The quantitative estimate of drug-likeness (QED) is 0.814. The third-order valence-electron chi connectivity index (χ3n) is 3.52. The Bertz CT molecular complexity index is 408. The molecule has 0 unspecified atom stereocenters. The van der Waals surface area contributed by atoms with E-state index in [0.29, 0.717) is 17.1 Å². The van der Waals surface area contributed by atoms with Crippen molar-refractivity contribution in [1.29, 1.82) is 0 Å². The zero-order valence-electron chi connectivity index (χ0n) is 10.8. The second-order valence-electron chi connectivity index (χ2n) is 4.97. The summed E-state index contributed by atoms with van der Waals surface area (Å²) in [4.78, 5) is 14.2. The van der Waals surface area contributed by atoms with Crippen LogP contribution in [0.4, 0.5) is 10.5 Å². The molecule has 0 aliphatic carbocycles. The van der Waals surface area contributed by atoms with E-state index in [9.17, 15) is 4.79 Å². The summed E-state index contributed by atoms with van der Waals surface area (Å²) in [6.07, 6.45) is 3.36. The van der Waals surface area contributed by atoms with Gasteiger partial charge in [0.2, 0.25) is 0 Å². The molecular formula is C14H19ClN2O. The molecule has 2 atom stereocenters. The van der Waals surface area contributed by atoms with Crippen molar-refractivity contribution in [2.45, 2.75) is 45.2 Å². The third kappa shape index (κ3) is 2.96. The molecule has 1 N–H and O–H groups in total. The number of piperidine rings is 1. The lowest BCUT2D eigenvalue weighted by atomic mass is 9.98. The average Bonchev–Trinajstić information content (AvgIpc) is 2.32. The number of benzene rings is 1. The molecule has 3 nitrogen and oxygen atoms in total. The van der Waals surface area contributed by atoms with Crippen LogP contribution in [0.3, 0.4) is 0 Å². The van der Waals surface area contributed by atoms with Crippen LogP contribution in [0.25, 0.3) is 0 Å². The lowest BCUT2D eigenvalue weighted by Crippen LogP contribution is -2.49. The Morgan fingerprint density at radius 1 is 1.22 bits per heavy atom. The first kappa shape index (κ1) is 13.2. The molecule has 98 valence electrons. The molecule has 0 aromatic heterocycles. The number of anilines is 1. The molecule has 4 heteroatoms. The highest BCUT2D eigenvalue weighted by atomic mass is 35.5. The molecular weight excluding hydrogens is 248 g/mol. The van der Waals surface area contributed by atoms with E-state index in [1.807, 2.05) is 17.0 Å². The normalized spacial score (nSPS) is 23.8. The third-order valence-corrected chi connectivity index (χ3v) is 3.78. The van der Waals surface area contributed by atoms with E-state index < -0.39 is 0 Å². The Labute approximate surface area is 113 Å². The van der Waals surface area contributed by atoms with E-state index in [-0.39, 0.29) is 6.03 Å². The Hall–Kier alpha value is -1.22. The first-order chi connectivity index (χ1) is 8.58. The van der Waals surface area contributed by atoms with E-state index in [1.165, 1.54) is 6.42 Å². The first-order valence-electron chi connectivity index (χ1n) is 6.43. The second-order valence-corrected chi connectivity index (χ2v) is 5.41. The van der Waals surface area contributed by atoms with Crippen molar-refractivity contribution in [3.8, 4) is 0 Å². The lowest BCUT2D eigenvalue weighted by Gasteiger charge is -2.38. The largest absolute Gasteiger partial charge is 0.322 e. The van der Waals surface area contributed by atoms with Gasteiger partial charge in [-0.2, -0.15) is 0 Å². The Balaban J connectivity index is 2.04. The predicted molar refractivity (Wildman–Crippen MR) is 75.1 cm³/mol. The van der Waals surface area contributed by atoms with Crippen LogP contribution in [0.2, 0.25) is 5.02 Å². The summed E-state index contributed by atoms with van der Waals surface area (Å²) >= 11 is 5.82. The number of halogens is 1. The summed E-state index contributed by atoms with van der Waals surface area (Å²) < 4.78 is 0. The van der Waals surface area contributed by atoms with Crippen molar-refractivity contribution < 1.29 is 4.79 Å². The van der Waals surface area contributed by atoms with Crippen molar-refractivity contribution in [3.63, 3.8) is 0 Å². The van der Waals surface area contributed by atoms with Crippen molar-refractivity contribution in [2.24, 2.45) is 0 Å².